The van der Waals surface area contributed by atoms with Crippen molar-refractivity contribution >= 4 is 23.7 Å². The van der Waals surface area contributed by atoms with Gasteiger partial charge in [-0.25, -0.2) is 0 Å². The number of nitrogens with zero attached hydrogens (tertiary/aromatic N) is 4. The number of carbonyl (C=O) groups is 4. The van der Waals surface area contributed by atoms with Gasteiger partial charge in [-0.05, 0) is 57.2 Å². The Morgan fingerprint density at radius 2 is 1.63 bits per heavy atom. The van der Waals surface area contributed by atoms with Gasteiger partial charge in [-0.2, -0.15) is 0 Å². The zero-order valence-electron chi connectivity index (χ0n) is 25.1. The molecular weight excluding hydrogens is 486 g/mol. The summed E-state index contributed by atoms with van der Waals surface area (Å²) in [6.07, 6.45) is 4.48. The van der Waals surface area contributed by atoms with Crippen molar-refractivity contribution in [1.82, 2.24) is 24.9 Å². The first-order chi connectivity index (χ1) is 17.7. The van der Waals surface area contributed by atoms with E-state index in [0.29, 0.717) is 13.0 Å². The molecule has 0 aromatic heterocycles. The highest BCUT2D eigenvalue weighted by Crippen LogP contribution is 2.26. The van der Waals surface area contributed by atoms with Crippen LogP contribution in [-0.4, -0.2) is 122 Å². The lowest BCUT2D eigenvalue weighted by Crippen LogP contribution is -2.61. The zero-order chi connectivity index (χ0) is 28.8. The third kappa shape index (κ3) is 8.15. The molecule has 10 nitrogen and oxygen atoms in total. The molecular formula is C28H51N5O5. The van der Waals surface area contributed by atoms with Crippen molar-refractivity contribution in [3.05, 3.63) is 0 Å². The molecule has 0 aliphatic carbocycles. The molecule has 2 saturated heterocycles. The molecule has 0 radical (unpaired) electrons. The van der Waals surface area contributed by atoms with E-state index in [9.17, 15) is 19.2 Å². The minimum Gasteiger partial charge on any atom is -0.468 e. The van der Waals surface area contributed by atoms with Crippen LogP contribution in [0.3, 0.4) is 0 Å². The lowest BCUT2D eigenvalue weighted by molar-refractivity contribution is -0.148. The minimum atomic E-state index is -0.668. The molecule has 3 amide bonds. The van der Waals surface area contributed by atoms with E-state index in [1.165, 1.54) is 12.0 Å². The van der Waals surface area contributed by atoms with Crippen LogP contribution >= 0.6 is 0 Å². The number of esters is 1. The molecule has 2 aliphatic heterocycles. The van der Waals surface area contributed by atoms with Crippen LogP contribution in [0.5, 0.6) is 0 Å². The quantitative estimate of drug-likeness (QED) is 0.422. The van der Waals surface area contributed by atoms with E-state index in [1.54, 1.807) is 19.0 Å². The Morgan fingerprint density at radius 1 is 1.00 bits per heavy atom. The van der Waals surface area contributed by atoms with Crippen molar-refractivity contribution in [1.29, 1.82) is 0 Å². The van der Waals surface area contributed by atoms with Crippen LogP contribution in [0.1, 0.15) is 66.7 Å². The number of amides is 3. The van der Waals surface area contributed by atoms with Gasteiger partial charge in [0.25, 0.3) is 0 Å². The van der Waals surface area contributed by atoms with Crippen molar-refractivity contribution in [2.24, 2.45) is 11.3 Å². The van der Waals surface area contributed by atoms with E-state index in [4.69, 9.17) is 4.74 Å². The smallest absolute Gasteiger partial charge is 0.325 e. The molecule has 0 saturated carbocycles. The molecule has 1 N–H and O–H groups in total. The molecule has 10 heteroatoms. The van der Waals surface area contributed by atoms with Crippen LogP contribution in [0, 0.1) is 11.3 Å². The molecule has 2 aliphatic rings. The normalized spacial score (nSPS) is 22.6. The van der Waals surface area contributed by atoms with Crippen molar-refractivity contribution in [2.45, 2.75) is 90.9 Å². The number of likely N-dealkylation sites (N-methyl/N-ethyl adjacent to an activating group) is 3. The lowest BCUT2D eigenvalue weighted by Gasteiger charge is -2.41. The molecule has 2 unspecified atom stereocenters. The van der Waals surface area contributed by atoms with Gasteiger partial charge >= 0.3 is 5.97 Å². The Hall–Kier alpha value is -2.20. The van der Waals surface area contributed by atoms with E-state index in [1.807, 2.05) is 27.8 Å². The summed E-state index contributed by atoms with van der Waals surface area (Å²) in [4.78, 5) is 59.4. The van der Waals surface area contributed by atoms with Gasteiger partial charge in [0.15, 0.2) is 0 Å². The number of likely N-dealkylation sites (tertiary alicyclic amines) is 2. The van der Waals surface area contributed by atoms with Gasteiger partial charge in [-0.1, -0.05) is 41.0 Å². The predicted molar refractivity (Wildman–Crippen MR) is 147 cm³/mol. The summed E-state index contributed by atoms with van der Waals surface area (Å²) >= 11 is 0. The Kier molecular flexibility index (Phi) is 11.6. The largest absolute Gasteiger partial charge is 0.468 e. The van der Waals surface area contributed by atoms with Crippen LogP contribution in [0.25, 0.3) is 0 Å². The second kappa shape index (κ2) is 13.7. The van der Waals surface area contributed by atoms with Gasteiger partial charge in [0.05, 0.1) is 19.2 Å². The number of hydrogen-bond acceptors (Lipinski definition) is 7. The Morgan fingerprint density at radius 3 is 2.18 bits per heavy atom. The standard InChI is InChI=1S/C28H51N5O5/c1-19(2)22(17-33-16-12-14-21(33)26(36)31(7)18-23(34)38-9)32(8)27(37)24(28(3,4)5)29-25(35)20-13-10-11-15-30(20)6/h19-22,24H,10-18H2,1-9H3,(H,29,35)/t20?,21-,22+,24?/m0/s1. The Bertz CT molecular complexity index is 842. The van der Waals surface area contributed by atoms with Crippen molar-refractivity contribution in [3.8, 4) is 0 Å². The van der Waals surface area contributed by atoms with Gasteiger partial charge in [-0.15, -0.1) is 0 Å². The van der Waals surface area contributed by atoms with Gasteiger partial charge in [0, 0.05) is 26.7 Å². The van der Waals surface area contributed by atoms with Crippen molar-refractivity contribution in [2.75, 3.05) is 54.4 Å². The number of piperidine rings is 1. The van der Waals surface area contributed by atoms with Crippen LogP contribution < -0.4 is 5.32 Å². The fraction of sp³-hybridized carbons (Fsp3) is 0.857. The maximum atomic E-state index is 13.9. The first-order valence-electron chi connectivity index (χ1n) is 14.0. The van der Waals surface area contributed by atoms with Crippen LogP contribution in [0.4, 0.5) is 0 Å². The van der Waals surface area contributed by atoms with E-state index < -0.39 is 17.4 Å². The third-order valence-corrected chi connectivity index (χ3v) is 8.13. The number of nitrogens with one attached hydrogen (secondary N) is 1. The van der Waals surface area contributed by atoms with Gasteiger partial charge in [0.1, 0.15) is 12.6 Å². The number of carbonyl (C=O) groups excluding carboxylic acids is 4. The fourth-order valence-electron chi connectivity index (χ4n) is 5.60. The average Bonchev–Trinajstić information content (AvgIpc) is 3.31. The lowest BCUT2D eigenvalue weighted by atomic mass is 9.84. The maximum Gasteiger partial charge on any atom is 0.325 e. The van der Waals surface area contributed by atoms with Crippen LogP contribution in [0.2, 0.25) is 0 Å². The average molecular weight is 538 g/mol. The van der Waals surface area contributed by atoms with Crippen molar-refractivity contribution in [3.63, 3.8) is 0 Å². The number of ether oxygens (including phenoxy) is 1. The summed E-state index contributed by atoms with van der Waals surface area (Å²) < 4.78 is 4.71. The number of rotatable bonds is 10. The SMILES string of the molecule is COC(=O)CN(C)C(=O)[C@@H]1CCCN1C[C@H](C(C)C)N(C)C(=O)C(NC(=O)C1CCCCN1C)C(C)(C)C. The van der Waals surface area contributed by atoms with E-state index in [0.717, 1.165) is 38.8 Å². The molecule has 0 bridgehead atoms. The topological polar surface area (TPSA) is 102 Å². The number of hydrogen-bond donors (Lipinski definition) is 1. The molecule has 0 aromatic carbocycles. The monoisotopic (exact) mass is 537 g/mol. The van der Waals surface area contributed by atoms with Crippen LogP contribution in [0.15, 0.2) is 0 Å². The summed E-state index contributed by atoms with van der Waals surface area (Å²) in [5.41, 5.74) is -0.474. The molecule has 0 aromatic rings. The molecule has 2 fully saturated rings. The van der Waals surface area contributed by atoms with Gasteiger partial charge < -0.3 is 19.9 Å². The zero-order valence-corrected chi connectivity index (χ0v) is 25.1. The van der Waals surface area contributed by atoms with E-state index in [2.05, 4.69) is 29.0 Å². The van der Waals surface area contributed by atoms with Crippen molar-refractivity contribution < 1.29 is 23.9 Å². The van der Waals surface area contributed by atoms with E-state index >= 15 is 0 Å². The minimum absolute atomic E-state index is 0.0885. The predicted octanol–water partition coefficient (Wildman–Crippen LogP) is 1.58. The molecule has 0 spiro atoms. The molecule has 38 heavy (non-hydrogen) atoms. The fourth-order valence-corrected chi connectivity index (χ4v) is 5.60. The molecule has 218 valence electrons. The first kappa shape index (κ1) is 32.0. The highest BCUT2D eigenvalue weighted by atomic mass is 16.5. The summed E-state index contributed by atoms with van der Waals surface area (Å²) in [6, 6.07) is -1.37. The van der Waals surface area contributed by atoms with Gasteiger partial charge in [-0.3, -0.25) is 29.0 Å². The van der Waals surface area contributed by atoms with Crippen LogP contribution in [-0.2, 0) is 23.9 Å². The third-order valence-electron chi connectivity index (χ3n) is 8.13. The summed E-state index contributed by atoms with van der Waals surface area (Å²) in [7, 11) is 6.70. The summed E-state index contributed by atoms with van der Waals surface area (Å²) in [6.45, 7) is 12.2. The maximum absolute atomic E-state index is 13.9. The second-order valence-corrected chi connectivity index (χ2v) is 12.5. The highest BCUT2D eigenvalue weighted by Gasteiger charge is 2.41. The molecule has 4 atom stereocenters. The molecule has 2 heterocycles. The first-order valence-corrected chi connectivity index (χ1v) is 14.0. The summed E-state index contributed by atoms with van der Waals surface area (Å²) in [5, 5.41) is 3.10. The Balaban J connectivity index is 2.17. The molecule has 2 rings (SSSR count). The van der Waals surface area contributed by atoms with E-state index in [-0.39, 0.29) is 48.3 Å². The highest BCUT2D eigenvalue weighted by molar-refractivity contribution is 5.90. The summed E-state index contributed by atoms with van der Waals surface area (Å²) in [5.74, 6) is -0.637. The Labute approximate surface area is 229 Å². The van der Waals surface area contributed by atoms with Gasteiger partial charge in [0.2, 0.25) is 17.7 Å². The number of methoxy groups -OCH3 is 1. The second-order valence-electron chi connectivity index (χ2n) is 12.5.